The summed E-state index contributed by atoms with van der Waals surface area (Å²) in [4.78, 5) is 26.6. The summed E-state index contributed by atoms with van der Waals surface area (Å²) in [7, 11) is 2.00. The molecule has 0 bridgehead atoms. The van der Waals surface area contributed by atoms with Gasteiger partial charge >= 0.3 is 0 Å². The number of nitrogens with zero attached hydrogens (tertiary/aromatic N) is 3. The predicted octanol–water partition coefficient (Wildman–Crippen LogP) is 5.15. The van der Waals surface area contributed by atoms with Crippen molar-refractivity contribution in [1.29, 1.82) is 0 Å². The van der Waals surface area contributed by atoms with Gasteiger partial charge in [0.25, 0.3) is 0 Å². The average molecular weight is 476 g/mol. The van der Waals surface area contributed by atoms with Crippen LogP contribution in [0.25, 0.3) is 0 Å². The van der Waals surface area contributed by atoms with Crippen molar-refractivity contribution in [2.45, 2.75) is 116 Å². The molecule has 1 unspecified atom stereocenters. The monoisotopic (exact) mass is 475 g/mol. The lowest BCUT2D eigenvalue weighted by Crippen LogP contribution is -2.34. The van der Waals surface area contributed by atoms with Gasteiger partial charge in [-0.15, -0.1) is 0 Å². The molecule has 1 N–H and O–H groups in total. The molecular weight excluding hydrogens is 424 g/mol. The number of nitrogens with one attached hydrogen (secondary N) is 1. The van der Waals surface area contributed by atoms with Gasteiger partial charge in [-0.25, -0.2) is 9.13 Å². The lowest BCUT2D eigenvalue weighted by Gasteiger charge is -2.16. The second-order valence-electron chi connectivity index (χ2n) is 10.3. The zero-order valence-corrected chi connectivity index (χ0v) is 22.1. The maximum atomic E-state index is 12.5. The van der Waals surface area contributed by atoms with Crippen LogP contribution < -0.4 is 9.88 Å². The van der Waals surface area contributed by atoms with Gasteiger partial charge in [0.05, 0.1) is 19.5 Å². The van der Waals surface area contributed by atoms with E-state index in [9.17, 15) is 9.59 Å². The molecule has 6 heteroatoms. The molecule has 2 rings (SSSR count). The molecule has 2 amide bonds. The molecule has 2 heterocycles. The highest BCUT2D eigenvalue weighted by Gasteiger charge is 2.33. The fourth-order valence-corrected chi connectivity index (χ4v) is 4.92. The summed E-state index contributed by atoms with van der Waals surface area (Å²) in [6.45, 7) is 5.20. The molecule has 1 aromatic heterocycles. The molecule has 1 aliphatic rings. The van der Waals surface area contributed by atoms with E-state index in [1.807, 2.05) is 35.2 Å². The zero-order chi connectivity index (χ0) is 24.4. The standard InChI is InChI=1S/C28H50N4O2/c1-3-4-5-6-7-8-9-10-11-12-13-14-15-16-18-29-28(34)26-23-27(33)32(24-26)20-17-19-31-22-21-30(2)25-31/h21-22,25-26H,3-20,23-24H2,1-2H3/p+1. The van der Waals surface area contributed by atoms with Crippen molar-refractivity contribution in [3.63, 3.8) is 0 Å². The van der Waals surface area contributed by atoms with E-state index in [-0.39, 0.29) is 17.7 Å². The first-order valence-corrected chi connectivity index (χ1v) is 14.2. The number of hydrogen-bond donors (Lipinski definition) is 1. The number of carbonyl (C=O) groups excluding carboxylic acids is 2. The molecule has 0 aliphatic carbocycles. The van der Waals surface area contributed by atoms with Gasteiger partial charge in [-0.1, -0.05) is 90.4 Å². The third-order valence-corrected chi connectivity index (χ3v) is 7.08. The van der Waals surface area contributed by atoms with Crippen LogP contribution in [0.1, 0.15) is 110 Å². The molecule has 6 nitrogen and oxygen atoms in total. The number of aromatic nitrogens is 2. The molecule has 0 spiro atoms. The second-order valence-corrected chi connectivity index (χ2v) is 10.3. The maximum Gasteiger partial charge on any atom is 0.243 e. The van der Waals surface area contributed by atoms with Crippen molar-refractivity contribution in [2.24, 2.45) is 13.0 Å². The molecular formula is C28H51N4O2+. The third-order valence-electron chi connectivity index (χ3n) is 7.08. The first-order valence-electron chi connectivity index (χ1n) is 14.2. The number of aryl methyl sites for hydroxylation is 2. The molecule has 194 valence electrons. The van der Waals surface area contributed by atoms with Gasteiger partial charge in [0, 0.05) is 32.5 Å². The smallest absolute Gasteiger partial charge is 0.243 e. The highest BCUT2D eigenvalue weighted by Crippen LogP contribution is 2.18. The number of likely N-dealkylation sites (tertiary alicyclic amines) is 1. The van der Waals surface area contributed by atoms with E-state index in [4.69, 9.17) is 0 Å². The molecule has 1 aromatic rings. The topological polar surface area (TPSA) is 58.2 Å². The Morgan fingerprint density at radius 1 is 0.912 bits per heavy atom. The van der Waals surface area contributed by atoms with Crippen molar-refractivity contribution in [3.05, 3.63) is 18.7 Å². The summed E-state index contributed by atoms with van der Waals surface area (Å²) < 4.78 is 4.14. The largest absolute Gasteiger partial charge is 0.356 e. The van der Waals surface area contributed by atoms with Crippen molar-refractivity contribution in [3.8, 4) is 0 Å². The van der Waals surface area contributed by atoms with Crippen LogP contribution in [0.15, 0.2) is 18.7 Å². The molecule has 34 heavy (non-hydrogen) atoms. The minimum absolute atomic E-state index is 0.0583. The van der Waals surface area contributed by atoms with Crippen LogP contribution in [0, 0.1) is 5.92 Å². The zero-order valence-electron chi connectivity index (χ0n) is 22.1. The summed E-state index contributed by atoms with van der Waals surface area (Å²) in [5.74, 6) is 0.00112. The minimum Gasteiger partial charge on any atom is -0.356 e. The molecule has 0 aromatic carbocycles. The predicted molar refractivity (Wildman–Crippen MR) is 138 cm³/mol. The quantitative estimate of drug-likeness (QED) is 0.209. The van der Waals surface area contributed by atoms with Gasteiger partial charge < -0.3 is 10.2 Å². The van der Waals surface area contributed by atoms with Crippen LogP contribution >= 0.6 is 0 Å². The summed E-state index contributed by atoms with van der Waals surface area (Å²) >= 11 is 0. The number of unbranched alkanes of at least 4 members (excludes halogenated alkanes) is 13. The van der Waals surface area contributed by atoms with Crippen LogP contribution in [-0.2, 0) is 23.2 Å². The lowest BCUT2D eigenvalue weighted by atomic mass is 10.0. The van der Waals surface area contributed by atoms with Crippen molar-refractivity contribution in [2.75, 3.05) is 19.6 Å². The Kier molecular flexibility index (Phi) is 14.7. The van der Waals surface area contributed by atoms with Gasteiger partial charge in [-0.2, -0.15) is 0 Å². The second kappa shape index (κ2) is 17.6. The van der Waals surface area contributed by atoms with Crippen LogP contribution in [0.4, 0.5) is 0 Å². The number of amides is 2. The molecule has 1 aliphatic heterocycles. The summed E-state index contributed by atoms with van der Waals surface area (Å²) in [6.07, 6.45) is 26.1. The highest BCUT2D eigenvalue weighted by atomic mass is 16.2. The summed E-state index contributed by atoms with van der Waals surface area (Å²) in [5.41, 5.74) is 0. The van der Waals surface area contributed by atoms with Gasteiger partial charge in [0.2, 0.25) is 18.1 Å². The molecule has 1 atom stereocenters. The Bertz CT molecular complexity index is 688. The van der Waals surface area contributed by atoms with E-state index in [2.05, 4.69) is 16.8 Å². The van der Waals surface area contributed by atoms with Crippen LogP contribution in [0.5, 0.6) is 0 Å². The summed E-state index contributed by atoms with van der Waals surface area (Å²) in [6, 6.07) is 0. The lowest BCUT2D eigenvalue weighted by molar-refractivity contribution is -0.671. The van der Waals surface area contributed by atoms with E-state index in [0.717, 1.165) is 32.5 Å². The number of carbonyl (C=O) groups is 2. The van der Waals surface area contributed by atoms with Crippen LogP contribution in [0.2, 0.25) is 0 Å². The van der Waals surface area contributed by atoms with Gasteiger partial charge in [0.1, 0.15) is 12.4 Å². The normalized spacial score (nSPS) is 15.9. The van der Waals surface area contributed by atoms with Crippen LogP contribution in [0.3, 0.4) is 0 Å². The molecule has 0 saturated carbocycles. The van der Waals surface area contributed by atoms with Crippen molar-refractivity contribution in [1.82, 2.24) is 14.8 Å². The molecule has 1 fully saturated rings. The van der Waals surface area contributed by atoms with E-state index in [1.165, 1.54) is 83.5 Å². The SMILES string of the molecule is CCCCCCCCCCCCCCCCNC(=O)C1CC(=O)N(CCCn2cc[n+](C)c2)C1. The number of hydrogen-bond acceptors (Lipinski definition) is 2. The Morgan fingerprint density at radius 3 is 2.06 bits per heavy atom. The van der Waals surface area contributed by atoms with Crippen molar-refractivity contribution < 1.29 is 14.2 Å². The van der Waals surface area contributed by atoms with Crippen LogP contribution in [-0.4, -0.2) is 40.9 Å². The van der Waals surface area contributed by atoms with E-state index in [1.54, 1.807) is 0 Å². The Hall–Kier alpha value is -1.85. The van der Waals surface area contributed by atoms with Gasteiger partial charge in [-0.3, -0.25) is 9.59 Å². The Labute approximate surface area is 208 Å². The molecule has 1 saturated heterocycles. The van der Waals surface area contributed by atoms with E-state index < -0.39 is 0 Å². The average Bonchev–Trinajstić information content (AvgIpc) is 3.41. The van der Waals surface area contributed by atoms with Gasteiger partial charge in [-0.05, 0) is 6.42 Å². The first-order chi connectivity index (χ1) is 16.6. The van der Waals surface area contributed by atoms with E-state index >= 15 is 0 Å². The highest BCUT2D eigenvalue weighted by molar-refractivity contribution is 5.89. The Balaban J connectivity index is 1.39. The van der Waals surface area contributed by atoms with Gasteiger partial charge in [0.15, 0.2) is 0 Å². The Morgan fingerprint density at radius 2 is 1.50 bits per heavy atom. The van der Waals surface area contributed by atoms with Crippen molar-refractivity contribution >= 4 is 11.8 Å². The number of imidazole rings is 1. The maximum absolute atomic E-state index is 12.5. The fourth-order valence-electron chi connectivity index (χ4n) is 4.92. The minimum atomic E-state index is -0.177. The molecule has 0 radical (unpaired) electrons. The number of rotatable bonds is 20. The fraction of sp³-hybridized carbons (Fsp3) is 0.821. The first kappa shape index (κ1) is 28.4. The van der Waals surface area contributed by atoms with E-state index in [0.29, 0.717) is 13.0 Å². The summed E-state index contributed by atoms with van der Waals surface area (Å²) in [5, 5.41) is 3.07. The third kappa shape index (κ3) is 12.0.